The Bertz CT molecular complexity index is 1140. The lowest BCUT2D eigenvalue weighted by Crippen LogP contribution is -2.14. The summed E-state index contributed by atoms with van der Waals surface area (Å²) >= 11 is 6.00. The third-order valence-corrected chi connectivity index (χ3v) is 4.09. The molecule has 2 heterocycles. The summed E-state index contributed by atoms with van der Waals surface area (Å²) < 4.78 is 15.6. The summed E-state index contributed by atoms with van der Waals surface area (Å²) in [6.45, 7) is 0.431. The topological polar surface area (TPSA) is 63.6 Å². The first-order chi connectivity index (χ1) is 12.1. The van der Waals surface area contributed by atoms with Gasteiger partial charge < -0.3 is 9.55 Å². The quantitative estimate of drug-likeness (QED) is 0.611. The third-order valence-electron chi connectivity index (χ3n) is 3.85. The van der Waals surface area contributed by atoms with Crippen LogP contribution in [-0.4, -0.2) is 19.5 Å². The fourth-order valence-electron chi connectivity index (χ4n) is 2.72. The maximum Gasteiger partial charge on any atom is 0.277 e. The number of halogens is 2. The van der Waals surface area contributed by atoms with Crippen molar-refractivity contribution in [2.24, 2.45) is 0 Å². The van der Waals surface area contributed by atoms with Gasteiger partial charge in [0.15, 0.2) is 11.2 Å². The molecule has 4 rings (SSSR count). The van der Waals surface area contributed by atoms with Crippen LogP contribution in [0.2, 0.25) is 5.02 Å². The van der Waals surface area contributed by atoms with Crippen LogP contribution in [-0.2, 0) is 6.54 Å². The molecule has 0 atom stereocenters. The fourth-order valence-corrected chi connectivity index (χ4v) is 2.93. The minimum atomic E-state index is -0.455. The molecule has 0 unspecified atom stereocenters. The van der Waals surface area contributed by atoms with E-state index in [2.05, 4.69) is 15.0 Å². The number of benzene rings is 2. The normalized spacial score (nSPS) is 11.1. The summed E-state index contributed by atoms with van der Waals surface area (Å²) in [6, 6.07) is 13.5. The molecular formula is C18H12ClFN4O. The van der Waals surface area contributed by atoms with Crippen molar-refractivity contribution in [1.82, 2.24) is 19.5 Å². The highest BCUT2D eigenvalue weighted by atomic mass is 35.5. The Morgan fingerprint density at radius 3 is 2.80 bits per heavy atom. The van der Waals surface area contributed by atoms with E-state index < -0.39 is 5.82 Å². The highest BCUT2D eigenvalue weighted by Crippen LogP contribution is 2.19. The molecule has 5 nitrogen and oxygen atoms in total. The molecular weight excluding hydrogens is 343 g/mol. The van der Waals surface area contributed by atoms with Crippen molar-refractivity contribution in [2.75, 3.05) is 0 Å². The van der Waals surface area contributed by atoms with E-state index in [9.17, 15) is 9.18 Å². The third kappa shape index (κ3) is 2.92. The molecule has 1 N–H and O–H groups in total. The number of rotatable bonds is 3. The standard InChI is InChI=1S/C18H12ClFN4O/c19-12-5-3-4-11(8-12)9-24-10-21-17-15(24)18(25)23-16(22-17)13-6-1-2-7-14(13)20/h1-8,10H,9H2,(H,22,23,25). The molecule has 0 bridgehead atoms. The molecule has 0 saturated heterocycles. The van der Waals surface area contributed by atoms with E-state index in [0.29, 0.717) is 17.1 Å². The number of fused-ring (bicyclic) bond motifs is 1. The SMILES string of the molecule is O=c1[nH]c(-c2ccccc2F)nc2ncn(Cc3cccc(Cl)c3)c12. The van der Waals surface area contributed by atoms with E-state index in [1.165, 1.54) is 6.07 Å². The smallest absolute Gasteiger partial charge is 0.277 e. The number of hydrogen-bond acceptors (Lipinski definition) is 3. The van der Waals surface area contributed by atoms with Crippen LogP contribution in [0, 0.1) is 5.82 Å². The van der Waals surface area contributed by atoms with Crippen LogP contribution in [0.25, 0.3) is 22.6 Å². The second kappa shape index (κ2) is 6.14. The molecule has 0 aliphatic rings. The second-order valence-corrected chi connectivity index (χ2v) is 6.01. The highest BCUT2D eigenvalue weighted by Gasteiger charge is 2.14. The summed E-state index contributed by atoms with van der Waals surface area (Å²) in [4.78, 5) is 23.6. The van der Waals surface area contributed by atoms with Gasteiger partial charge in [0.25, 0.3) is 5.56 Å². The van der Waals surface area contributed by atoms with Crippen LogP contribution in [0.15, 0.2) is 59.7 Å². The van der Waals surface area contributed by atoms with Gasteiger partial charge in [-0.15, -0.1) is 0 Å². The van der Waals surface area contributed by atoms with Gasteiger partial charge in [0, 0.05) is 11.6 Å². The molecule has 0 aliphatic heterocycles. The minimum absolute atomic E-state index is 0.156. The number of H-pyrrole nitrogens is 1. The monoisotopic (exact) mass is 354 g/mol. The van der Waals surface area contributed by atoms with Gasteiger partial charge in [-0.3, -0.25) is 4.79 Å². The van der Waals surface area contributed by atoms with Gasteiger partial charge >= 0.3 is 0 Å². The van der Waals surface area contributed by atoms with Crippen LogP contribution in [0.3, 0.4) is 0 Å². The first-order valence-electron chi connectivity index (χ1n) is 7.56. The summed E-state index contributed by atoms with van der Waals surface area (Å²) in [5.41, 5.74) is 1.39. The summed E-state index contributed by atoms with van der Waals surface area (Å²) in [5.74, 6) is -0.299. The minimum Gasteiger partial charge on any atom is -0.320 e. The molecule has 2 aromatic carbocycles. The lowest BCUT2D eigenvalue weighted by Gasteiger charge is -2.05. The van der Waals surface area contributed by atoms with Gasteiger partial charge in [-0.2, -0.15) is 0 Å². The molecule has 25 heavy (non-hydrogen) atoms. The number of nitrogens with zero attached hydrogens (tertiary/aromatic N) is 3. The Morgan fingerprint density at radius 2 is 2.00 bits per heavy atom. The molecule has 0 fully saturated rings. The highest BCUT2D eigenvalue weighted by molar-refractivity contribution is 6.30. The zero-order valence-corrected chi connectivity index (χ0v) is 13.7. The van der Waals surface area contributed by atoms with Crippen molar-refractivity contribution in [1.29, 1.82) is 0 Å². The zero-order chi connectivity index (χ0) is 17.4. The number of imidazole rings is 1. The number of nitrogens with one attached hydrogen (secondary N) is 1. The predicted molar refractivity (Wildman–Crippen MR) is 94.1 cm³/mol. The Morgan fingerprint density at radius 1 is 1.16 bits per heavy atom. The Kier molecular flexibility index (Phi) is 3.82. The van der Waals surface area contributed by atoms with Gasteiger partial charge in [-0.25, -0.2) is 14.4 Å². The number of hydrogen-bond donors (Lipinski definition) is 1. The molecule has 0 amide bonds. The first kappa shape index (κ1) is 15.5. The Hall–Kier alpha value is -2.99. The van der Waals surface area contributed by atoms with E-state index in [-0.39, 0.29) is 22.6 Å². The van der Waals surface area contributed by atoms with Crippen molar-refractivity contribution in [3.05, 3.63) is 81.6 Å². The van der Waals surface area contributed by atoms with Gasteiger partial charge in [-0.05, 0) is 29.8 Å². The lowest BCUT2D eigenvalue weighted by atomic mass is 10.2. The average Bonchev–Trinajstić information content (AvgIpc) is 2.98. The molecule has 7 heteroatoms. The number of aromatic amines is 1. The molecule has 0 radical (unpaired) electrons. The predicted octanol–water partition coefficient (Wildman–Crippen LogP) is 3.63. The average molecular weight is 355 g/mol. The molecule has 2 aromatic heterocycles. The van der Waals surface area contributed by atoms with E-state index in [1.54, 1.807) is 35.2 Å². The first-order valence-corrected chi connectivity index (χ1v) is 7.94. The van der Waals surface area contributed by atoms with Crippen LogP contribution >= 0.6 is 11.6 Å². The van der Waals surface area contributed by atoms with Crippen molar-refractivity contribution >= 4 is 22.8 Å². The van der Waals surface area contributed by atoms with Gasteiger partial charge in [0.05, 0.1) is 11.9 Å². The Labute approximate surface area is 146 Å². The number of aromatic nitrogens is 4. The zero-order valence-electron chi connectivity index (χ0n) is 12.9. The van der Waals surface area contributed by atoms with Crippen LogP contribution in [0.4, 0.5) is 4.39 Å². The van der Waals surface area contributed by atoms with E-state index in [1.807, 2.05) is 18.2 Å². The van der Waals surface area contributed by atoms with Crippen molar-refractivity contribution in [3.8, 4) is 11.4 Å². The summed E-state index contributed by atoms with van der Waals surface area (Å²) in [6.07, 6.45) is 1.54. The van der Waals surface area contributed by atoms with E-state index in [0.717, 1.165) is 5.56 Å². The summed E-state index contributed by atoms with van der Waals surface area (Å²) in [5, 5.41) is 0.621. The van der Waals surface area contributed by atoms with E-state index >= 15 is 0 Å². The Balaban J connectivity index is 1.80. The maximum atomic E-state index is 13.9. The largest absolute Gasteiger partial charge is 0.320 e. The van der Waals surface area contributed by atoms with Gasteiger partial charge in [0.1, 0.15) is 11.6 Å². The molecule has 0 saturated carbocycles. The second-order valence-electron chi connectivity index (χ2n) is 5.57. The van der Waals surface area contributed by atoms with Gasteiger partial charge in [-0.1, -0.05) is 35.9 Å². The molecule has 124 valence electrons. The molecule has 0 spiro atoms. The van der Waals surface area contributed by atoms with Gasteiger partial charge in [0.2, 0.25) is 0 Å². The van der Waals surface area contributed by atoms with E-state index in [4.69, 9.17) is 11.6 Å². The van der Waals surface area contributed by atoms with Crippen LogP contribution in [0.1, 0.15) is 5.56 Å². The van der Waals surface area contributed by atoms with Crippen LogP contribution < -0.4 is 5.56 Å². The molecule has 0 aliphatic carbocycles. The van der Waals surface area contributed by atoms with Crippen molar-refractivity contribution in [2.45, 2.75) is 6.54 Å². The van der Waals surface area contributed by atoms with Crippen molar-refractivity contribution < 1.29 is 4.39 Å². The molecule has 4 aromatic rings. The lowest BCUT2D eigenvalue weighted by molar-refractivity contribution is 0.630. The fraction of sp³-hybridized carbons (Fsp3) is 0.0556. The van der Waals surface area contributed by atoms with Crippen LogP contribution in [0.5, 0.6) is 0 Å². The summed E-state index contributed by atoms with van der Waals surface area (Å²) in [7, 11) is 0. The maximum absolute atomic E-state index is 13.9. The van der Waals surface area contributed by atoms with Crippen molar-refractivity contribution in [3.63, 3.8) is 0 Å².